The first-order chi connectivity index (χ1) is 11.1. The highest BCUT2D eigenvalue weighted by Gasteiger charge is 2.17. The van der Waals surface area contributed by atoms with Gasteiger partial charge in [0.05, 0.1) is 23.4 Å². The molecule has 0 amide bonds. The number of ether oxygens (including phenoxy) is 1. The summed E-state index contributed by atoms with van der Waals surface area (Å²) in [7, 11) is 0. The van der Waals surface area contributed by atoms with Crippen molar-refractivity contribution < 1.29 is 9.53 Å². The third-order valence-corrected chi connectivity index (χ3v) is 4.01. The summed E-state index contributed by atoms with van der Waals surface area (Å²) < 4.78 is 5.17. The van der Waals surface area contributed by atoms with Crippen molar-refractivity contribution in [2.45, 2.75) is 20.8 Å². The number of aryl methyl sites for hydroxylation is 2. The van der Waals surface area contributed by atoms with Gasteiger partial charge in [0.15, 0.2) is 0 Å². The molecule has 3 heteroatoms. The van der Waals surface area contributed by atoms with Gasteiger partial charge in [-0.15, -0.1) is 0 Å². The van der Waals surface area contributed by atoms with Gasteiger partial charge in [-0.05, 0) is 49.6 Å². The second-order valence-corrected chi connectivity index (χ2v) is 5.52. The maximum absolute atomic E-state index is 12.2. The molecule has 3 nitrogen and oxygen atoms in total. The zero-order valence-corrected chi connectivity index (χ0v) is 13.6. The Hall–Kier alpha value is -2.68. The first-order valence-corrected chi connectivity index (χ1v) is 7.75. The number of fused-ring (bicyclic) bond motifs is 1. The minimum atomic E-state index is -0.304. The average Bonchev–Trinajstić information content (AvgIpc) is 2.56. The molecule has 0 saturated carbocycles. The van der Waals surface area contributed by atoms with Crippen LogP contribution >= 0.6 is 0 Å². The van der Waals surface area contributed by atoms with E-state index in [1.54, 1.807) is 0 Å². The molecule has 0 aliphatic rings. The molecular weight excluding hydrogens is 286 g/mol. The summed E-state index contributed by atoms with van der Waals surface area (Å²) in [5.41, 5.74) is 5.36. The van der Waals surface area contributed by atoms with Crippen LogP contribution in [0.15, 0.2) is 48.5 Å². The third-order valence-electron chi connectivity index (χ3n) is 4.01. The van der Waals surface area contributed by atoms with Gasteiger partial charge in [-0.3, -0.25) is 4.98 Å². The van der Waals surface area contributed by atoms with E-state index in [4.69, 9.17) is 4.74 Å². The summed E-state index contributed by atoms with van der Waals surface area (Å²) in [5.74, 6) is -0.304. The van der Waals surface area contributed by atoms with Crippen molar-refractivity contribution >= 4 is 16.9 Å². The number of rotatable bonds is 3. The Bertz CT molecular complexity index is 870. The smallest absolute Gasteiger partial charge is 0.340 e. The topological polar surface area (TPSA) is 39.2 Å². The van der Waals surface area contributed by atoms with E-state index < -0.39 is 0 Å². The van der Waals surface area contributed by atoms with Gasteiger partial charge in [-0.1, -0.05) is 36.4 Å². The van der Waals surface area contributed by atoms with E-state index in [-0.39, 0.29) is 5.97 Å². The molecule has 0 saturated heterocycles. The second-order valence-electron chi connectivity index (χ2n) is 5.52. The molecule has 116 valence electrons. The van der Waals surface area contributed by atoms with E-state index in [9.17, 15) is 4.79 Å². The van der Waals surface area contributed by atoms with Crippen molar-refractivity contribution in [2.75, 3.05) is 6.61 Å². The van der Waals surface area contributed by atoms with Gasteiger partial charge < -0.3 is 4.74 Å². The lowest BCUT2D eigenvalue weighted by atomic mass is 9.98. The van der Waals surface area contributed by atoms with Crippen LogP contribution in [0.25, 0.3) is 22.0 Å². The van der Waals surface area contributed by atoms with E-state index in [1.165, 1.54) is 0 Å². The lowest BCUT2D eigenvalue weighted by Gasteiger charge is -2.12. The maximum atomic E-state index is 12.2. The lowest BCUT2D eigenvalue weighted by Crippen LogP contribution is -2.10. The highest BCUT2D eigenvalue weighted by molar-refractivity contribution is 5.99. The average molecular weight is 305 g/mol. The molecule has 0 unspecified atom stereocenters. The van der Waals surface area contributed by atoms with Crippen LogP contribution in [0.3, 0.4) is 0 Å². The number of aromatic nitrogens is 1. The first-order valence-electron chi connectivity index (χ1n) is 7.75. The van der Waals surface area contributed by atoms with Gasteiger partial charge in [0.2, 0.25) is 0 Å². The molecule has 0 aliphatic heterocycles. The summed E-state index contributed by atoms with van der Waals surface area (Å²) >= 11 is 0. The summed E-state index contributed by atoms with van der Waals surface area (Å²) in [4.78, 5) is 16.8. The van der Waals surface area contributed by atoms with Gasteiger partial charge in [-0.2, -0.15) is 0 Å². The second kappa shape index (κ2) is 6.21. The molecule has 1 aromatic heterocycles. The summed E-state index contributed by atoms with van der Waals surface area (Å²) in [6.45, 7) is 5.98. The Morgan fingerprint density at radius 1 is 1.04 bits per heavy atom. The van der Waals surface area contributed by atoms with E-state index in [0.717, 1.165) is 27.6 Å². The number of benzene rings is 2. The molecule has 0 N–H and O–H groups in total. The fourth-order valence-corrected chi connectivity index (χ4v) is 2.89. The Labute approximate surface area is 135 Å². The van der Waals surface area contributed by atoms with Crippen LogP contribution in [0.5, 0.6) is 0 Å². The van der Waals surface area contributed by atoms with Crippen LogP contribution in [0.4, 0.5) is 0 Å². The minimum absolute atomic E-state index is 0.304. The fourth-order valence-electron chi connectivity index (χ4n) is 2.89. The zero-order valence-electron chi connectivity index (χ0n) is 13.6. The molecule has 23 heavy (non-hydrogen) atoms. The standard InChI is InChI=1S/C20H19NO2/c1-4-23-20(22)19-13(2)17-12-16(15-8-6-5-7-9-15)10-11-18(17)21-14(19)3/h5-12H,4H2,1-3H3. The SMILES string of the molecule is CCOC(=O)c1c(C)nc2ccc(-c3ccccc3)cc2c1C. The molecule has 3 rings (SSSR count). The van der Waals surface area contributed by atoms with Crippen molar-refractivity contribution in [2.24, 2.45) is 0 Å². The third kappa shape index (κ3) is 2.82. The van der Waals surface area contributed by atoms with E-state index in [0.29, 0.717) is 17.9 Å². The van der Waals surface area contributed by atoms with Gasteiger partial charge in [0.25, 0.3) is 0 Å². The molecule has 0 spiro atoms. The summed E-state index contributed by atoms with van der Waals surface area (Å²) in [5, 5.41) is 0.986. The highest BCUT2D eigenvalue weighted by atomic mass is 16.5. The number of carbonyl (C=O) groups is 1. The molecular formula is C20H19NO2. The van der Waals surface area contributed by atoms with Crippen molar-refractivity contribution in [3.63, 3.8) is 0 Å². The van der Waals surface area contributed by atoms with Crippen molar-refractivity contribution in [1.29, 1.82) is 0 Å². The number of hydrogen-bond donors (Lipinski definition) is 0. The Morgan fingerprint density at radius 2 is 1.78 bits per heavy atom. The van der Waals surface area contributed by atoms with Crippen LogP contribution in [0, 0.1) is 13.8 Å². The number of nitrogens with zero attached hydrogens (tertiary/aromatic N) is 1. The van der Waals surface area contributed by atoms with Gasteiger partial charge in [-0.25, -0.2) is 4.79 Å². The van der Waals surface area contributed by atoms with Crippen LogP contribution < -0.4 is 0 Å². The quantitative estimate of drug-likeness (QED) is 0.659. The monoisotopic (exact) mass is 305 g/mol. The van der Waals surface area contributed by atoms with Crippen LogP contribution in [-0.4, -0.2) is 17.6 Å². The molecule has 0 fully saturated rings. The first kappa shape index (κ1) is 15.2. The molecule has 0 atom stereocenters. The van der Waals surface area contributed by atoms with Crippen LogP contribution in [0.2, 0.25) is 0 Å². The molecule has 3 aromatic rings. The summed E-state index contributed by atoms with van der Waals surface area (Å²) in [6.07, 6.45) is 0. The van der Waals surface area contributed by atoms with Crippen molar-refractivity contribution in [1.82, 2.24) is 4.98 Å². The van der Waals surface area contributed by atoms with E-state index in [2.05, 4.69) is 29.2 Å². The van der Waals surface area contributed by atoms with Crippen molar-refractivity contribution in [3.8, 4) is 11.1 Å². The minimum Gasteiger partial charge on any atom is -0.462 e. The predicted molar refractivity (Wildman–Crippen MR) is 92.6 cm³/mol. The van der Waals surface area contributed by atoms with Crippen LogP contribution in [0.1, 0.15) is 28.5 Å². The van der Waals surface area contributed by atoms with E-state index in [1.807, 2.05) is 45.0 Å². The number of esters is 1. The zero-order chi connectivity index (χ0) is 16.4. The molecule has 0 aliphatic carbocycles. The van der Waals surface area contributed by atoms with Gasteiger partial charge in [0.1, 0.15) is 0 Å². The van der Waals surface area contributed by atoms with Crippen LogP contribution in [-0.2, 0) is 4.74 Å². The summed E-state index contributed by atoms with van der Waals surface area (Å²) in [6, 6.07) is 16.3. The number of hydrogen-bond acceptors (Lipinski definition) is 3. The number of pyridine rings is 1. The predicted octanol–water partition coefficient (Wildman–Crippen LogP) is 4.70. The lowest BCUT2D eigenvalue weighted by molar-refractivity contribution is 0.0524. The Balaban J connectivity index is 2.20. The Kier molecular flexibility index (Phi) is 4.11. The van der Waals surface area contributed by atoms with Crippen molar-refractivity contribution in [3.05, 3.63) is 65.4 Å². The fraction of sp³-hybridized carbons (Fsp3) is 0.200. The number of carbonyl (C=O) groups excluding carboxylic acids is 1. The molecule has 0 radical (unpaired) electrons. The molecule has 2 aromatic carbocycles. The van der Waals surface area contributed by atoms with Gasteiger partial charge >= 0.3 is 5.97 Å². The molecule has 0 bridgehead atoms. The maximum Gasteiger partial charge on any atom is 0.340 e. The van der Waals surface area contributed by atoms with Gasteiger partial charge in [0, 0.05) is 5.39 Å². The Morgan fingerprint density at radius 3 is 2.48 bits per heavy atom. The largest absolute Gasteiger partial charge is 0.462 e. The van der Waals surface area contributed by atoms with E-state index >= 15 is 0 Å². The normalized spacial score (nSPS) is 10.7. The molecule has 1 heterocycles. The highest BCUT2D eigenvalue weighted by Crippen LogP contribution is 2.28.